The monoisotopic (exact) mass is 547 g/mol. The van der Waals surface area contributed by atoms with E-state index >= 15 is 0 Å². The highest BCUT2D eigenvalue weighted by Crippen LogP contribution is 2.37. The molecule has 1 saturated carbocycles. The molecule has 2 aliphatic rings. The summed E-state index contributed by atoms with van der Waals surface area (Å²) < 4.78 is 0. The molecule has 9 heteroatoms. The molecule has 1 aliphatic carbocycles. The Bertz CT molecular complexity index is 1370. The van der Waals surface area contributed by atoms with Gasteiger partial charge in [0.15, 0.2) is 11.6 Å². The van der Waals surface area contributed by atoms with Crippen LogP contribution in [-0.2, 0) is 14.4 Å². The summed E-state index contributed by atoms with van der Waals surface area (Å²) in [6.45, 7) is 7.20. The number of hydrogen-bond acceptors (Lipinski definition) is 6. The van der Waals surface area contributed by atoms with Crippen molar-refractivity contribution in [1.82, 2.24) is 20.1 Å². The fourth-order valence-electron chi connectivity index (χ4n) is 5.39. The lowest BCUT2D eigenvalue weighted by molar-refractivity contribution is -0.124. The van der Waals surface area contributed by atoms with E-state index in [-0.39, 0.29) is 29.0 Å². The third-order valence-corrected chi connectivity index (χ3v) is 7.88. The Labute approximate surface area is 233 Å². The molecule has 0 atom stereocenters. The maximum atomic E-state index is 12.9. The van der Waals surface area contributed by atoms with Crippen molar-refractivity contribution in [3.05, 3.63) is 76.6 Å². The Morgan fingerprint density at radius 2 is 1.72 bits per heavy atom. The zero-order chi connectivity index (χ0) is 27.4. The molecule has 2 heterocycles. The van der Waals surface area contributed by atoms with Gasteiger partial charge in [-0.2, -0.15) is 0 Å². The van der Waals surface area contributed by atoms with Gasteiger partial charge >= 0.3 is 0 Å². The highest BCUT2D eigenvalue weighted by molar-refractivity contribution is 6.36. The Morgan fingerprint density at radius 3 is 2.44 bits per heavy atom. The van der Waals surface area contributed by atoms with E-state index in [9.17, 15) is 14.4 Å². The van der Waals surface area contributed by atoms with Crippen molar-refractivity contribution < 1.29 is 14.4 Å². The first-order chi connectivity index (χ1) is 18.9. The number of Topliss-reactive ketones (excluding diaryl/α,β-unsaturated/α-hetero) is 2. The molecule has 8 nitrogen and oxygen atoms in total. The van der Waals surface area contributed by atoms with Crippen molar-refractivity contribution in [3.63, 3.8) is 0 Å². The number of H-pyrrole nitrogens is 1. The van der Waals surface area contributed by atoms with Crippen molar-refractivity contribution in [1.29, 1.82) is 0 Å². The van der Waals surface area contributed by atoms with Gasteiger partial charge in [-0.15, -0.1) is 0 Å². The summed E-state index contributed by atoms with van der Waals surface area (Å²) in [6, 6.07) is 13.6. The maximum Gasteiger partial charge on any atom is 0.238 e. The minimum Gasteiger partial charge on any atom is -0.389 e. The molecular formula is C30H34ClN5O3. The Hall–Kier alpha value is -3.46. The molecule has 204 valence electrons. The van der Waals surface area contributed by atoms with Gasteiger partial charge in [-0.3, -0.25) is 24.2 Å². The topological polar surface area (TPSA) is 97.5 Å². The summed E-state index contributed by atoms with van der Waals surface area (Å²) in [5.41, 5.74) is 4.08. The molecule has 1 amide bonds. The second-order valence-electron chi connectivity index (χ2n) is 10.4. The number of aromatic amines is 1. The second kappa shape index (κ2) is 12.2. The number of amides is 1. The predicted octanol–water partition coefficient (Wildman–Crippen LogP) is 3.88. The number of fused-ring (bicyclic) bond motifs is 1. The number of ketones is 2. The smallest absolute Gasteiger partial charge is 0.238 e. The standard InChI is InChI=1S/C30H34ClN5O3/c1-20-5-7-22(8-6-20)34-29(39)19-36-13-11-35(12-14-36)10-9-32-17-24-27(37)15-21(16-28(24)38)23-3-2-4-26-30(23)25(31)18-33-26/h2-8,17-18,21,32-33H,9-16,19H2,1H3,(H,34,39). The van der Waals surface area contributed by atoms with Gasteiger partial charge in [0, 0.05) is 81.1 Å². The number of halogens is 1. The van der Waals surface area contributed by atoms with Gasteiger partial charge in [0.25, 0.3) is 0 Å². The van der Waals surface area contributed by atoms with Gasteiger partial charge in [0.1, 0.15) is 0 Å². The third-order valence-electron chi connectivity index (χ3n) is 7.58. The van der Waals surface area contributed by atoms with Crippen LogP contribution in [0.3, 0.4) is 0 Å². The summed E-state index contributed by atoms with van der Waals surface area (Å²) in [4.78, 5) is 45.7. The number of nitrogens with zero attached hydrogens (tertiary/aromatic N) is 2. The summed E-state index contributed by atoms with van der Waals surface area (Å²) in [6.07, 6.45) is 3.91. The van der Waals surface area contributed by atoms with Crippen LogP contribution in [0.1, 0.15) is 29.9 Å². The lowest BCUT2D eigenvalue weighted by atomic mass is 9.79. The second-order valence-corrected chi connectivity index (χ2v) is 10.8. The van der Waals surface area contributed by atoms with Gasteiger partial charge in [0.05, 0.1) is 17.1 Å². The zero-order valence-corrected chi connectivity index (χ0v) is 22.9. The molecule has 3 aromatic rings. The molecule has 1 aliphatic heterocycles. The first-order valence-corrected chi connectivity index (χ1v) is 13.8. The van der Waals surface area contributed by atoms with Crippen molar-refractivity contribution in [3.8, 4) is 0 Å². The molecule has 1 aromatic heterocycles. The van der Waals surface area contributed by atoms with Gasteiger partial charge in [-0.05, 0) is 36.6 Å². The highest BCUT2D eigenvalue weighted by Gasteiger charge is 2.32. The number of hydrogen-bond donors (Lipinski definition) is 3. The number of nitrogens with one attached hydrogen (secondary N) is 3. The van der Waals surface area contributed by atoms with E-state index < -0.39 is 0 Å². The number of anilines is 1. The number of piperazine rings is 1. The number of benzene rings is 2. The van der Waals surface area contributed by atoms with Gasteiger partial charge < -0.3 is 15.6 Å². The van der Waals surface area contributed by atoms with Crippen LogP contribution >= 0.6 is 11.6 Å². The van der Waals surface area contributed by atoms with E-state index in [2.05, 4.69) is 25.4 Å². The number of allylic oxidation sites excluding steroid dienone is 1. The number of aromatic nitrogens is 1. The minimum atomic E-state index is -0.172. The average molecular weight is 548 g/mol. The van der Waals surface area contributed by atoms with Crippen molar-refractivity contribution in [2.24, 2.45) is 0 Å². The predicted molar refractivity (Wildman–Crippen MR) is 154 cm³/mol. The van der Waals surface area contributed by atoms with Crippen LogP contribution in [0, 0.1) is 6.92 Å². The molecular weight excluding hydrogens is 514 g/mol. The average Bonchev–Trinajstić information content (AvgIpc) is 3.31. The number of carbonyl (C=O) groups is 3. The van der Waals surface area contributed by atoms with Crippen LogP contribution in [0.25, 0.3) is 10.9 Å². The first-order valence-electron chi connectivity index (χ1n) is 13.4. The maximum absolute atomic E-state index is 12.9. The largest absolute Gasteiger partial charge is 0.389 e. The molecule has 2 fully saturated rings. The lowest BCUT2D eigenvalue weighted by Gasteiger charge is -2.34. The summed E-state index contributed by atoms with van der Waals surface area (Å²) in [5, 5.41) is 7.63. The van der Waals surface area contributed by atoms with Crippen LogP contribution in [0.15, 0.2) is 60.4 Å². The van der Waals surface area contributed by atoms with Crippen LogP contribution in [0.2, 0.25) is 5.02 Å². The third kappa shape index (κ3) is 6.58. The quantitative estimate of drug-likeness (QED) is 0.225. The van der Waals surface area contributed by atoms with Crippen LogP contribution < -0.4 is 10.6 Å². The fourth-order valence-corrected chi connectivity index (χ4v) is 5.66. The number of carbonyl (C=O) groups excluding carboxylic acids is 3. The Balaban J connectivity index is 1.05. The summed E-state index contributed by atoms with van der Waals surface area (Å²) in [5.74, 6) is -0.443. The van der Waals surface area contributed by atoms with Crippen molar-refractivity contribution in [2.45, 2.75) is 25.7 Å². The molecule has 0 radical (unpaired) electrons. The van der Waals surface area contributed by atoms with E-state index in [4.69, 9.17) is 11.6 Å². The fraction of sp³-hybridized carbons (Fsp3) is 0.367. The van der Waals surface area contributed by atoms with E-state index in [0.29, 0.717) is 31.0 Å². The van der Waals surface area contributed by atoms with E-state index in [0.717, 1.165) is 60.4 Å². The molecule has 3 N–H and O–H groups in total. The molecule has 0 spiro atoms. The molecule has 39 heavy (non-hydrogen) atoms. The van der Waals surface area contributed by atoms with Crippen molar-refractivity contribution >= 4 is 45.7 Å². The molecule has 0 unspecified atom stereocenters. The van der Waals surface area contributed by atoms with Gasteiger partial charge in [-0.25, -0.2) is 0 Å². The van der Waals surface area contributed by atoms with Gasteiger partial charge in [-0.1, -0.05) is 41.4 Å². The SMILES string of the molecule is Cc1ccc(NC(=O)CN2CCN(CCNC=C3C(=O)CC(c4cccc5[nH]cc(Cl)c45)CC3=O)CC2)cc1. The van der Waals surface area contributed by atoms with E-state index in [1.54, 1.807) is 12.4 Å². The summed E-state index contributed by atoms with van der Waals surface area (Å²) >= 11 is 6.36. The molecule has 0 bridgehead atoms. The van der Waals surface area contributed by atoms with Crippen LogP contribution in [0.4, 0.5) is 5.69 Å². The number of rotatable bonds is 8. The van der Waals surface area contributed by atoms with E-state index in [1.807, 2.05) is 49.4 Å². The Morgan fingerprint density at radius 1 is 1.03 bits per heavy atom. The van der Waals surface area contributed by atoms with E-state index in [1.165, 1.54) is 0 Å². The normalized spacial score (nSPS) is 18.9. The van der Waals surface area contributed by atoms with Crippen LogP contribution in [-0.4, -0.2) is 78.1 Å². The molecule has 5 rings (SSSR count). The Kier molecular flexibility index (Phi) is 8.45. The highest BCUT2D eigenvalue weighted by atomic mass is 35.5. The molecule has 2 aromatic carbocycles. The van der Waals surface area contributed by atoms with Crippen LogP contribution in [0.5, 0.6) is 0 Å². The lowest BCUT2D eigenvalue weighted by Crippen LogP contribution is -2.49. The first kappa shape index (κ1) is 27.1. The zero-order valence-electron chi connectivity index (χ0n) is 22.1. The van der Waals surface area contributed by atoms with Gasteiger partial charge in [0.2, 0.25) is 5.91 Å². The van der Waals surface area contributed by atoms with Crippen molar-refractivity contribution in [2.75, 3.05) is 51.1 Å². The molecule has 1 saturated heterocycles. The number of aryl methyl sites for hydroxylation is 1. The minimum absolute atomic E-state index is 0.00229. The summed E-state index contributed by atoms with van der Waals surface area (Å²) in [7, 11) is 0.